The van der Waals surface area contributed by atoms with Crippen molar-refractivity contribution in [1.29, 1.82) is 0 Å². The van der Waals surface area contributed by atoms with Crippen LogP contribution in [0.5, 0.6) is 11.5 Å². The van der Waals surface area contributed by atoms with Gasteiger partial charge in [-0.05, 0) is 47.8 Å². The van der Waals surface area contributed by atoms with Crippen molar-refractivity contribution in [3.8, 4) is 23.0 Å². The third kappa shape index (κ3) is 5.85. The van der Waals surface area contributed by atoms with E-state index < -0.39 is 22.5 Å². The first-order valence-corrected chi connectivity index (χ1v) is 19.6. The number of hydrogen-bond donors (Lipinski definition) is 0. The van der Waals surface area contributed by atoms with Gasteiger partial charge in [-0.1, -0.05) is 46.3 Å². The monoisotopic (exact) mass is 529 g/mol. The number of ether oxygens (including phenoxy) is 3. The minimum atomic E-state index is -1.78. The molecule has 8 heteroatoms. The lowest BCUT2D eigenvalue weighted by Gasteiger charge is -2.43. The Morgan fingerprint density at radius 3 is 2.42 bits per heavy atom. The van der Waals surface area contributed by atoms with Gasteiger partial charge in [0, 0.05) is 38.4 Å². The SMILES string of the molecule is CC[Si](CC)(CC)O[C@H]1CCN2Cc3cc4c(cc3[C@@H](C[C@H](C#C[Si](C)(C)C)OC(C)=O)[C@H]12)OCO4. The van der Waals surface area contributed by atoms with Gasteiger partial charge in [0.2, 0.25) is 6.79 Å². The normalized spacial score (nSPS) is 23.9. The molecule has 0 spiro atoms. The van der Waals surface area contributed by atoms with Crippen molar-refractivity contribution >= 4 is 22.4 Å². The van der Waals surface area contributed by atoms with E-state index in [9.17, 15) is 4.79 Å². The molecule has 1 aromatic carbocycles. The molecule has 0 saturated carbocycles. The highest BCUT2D eigenvalue weighted by molar-refractivity contribution is 6.83. The Bertz CT molecular complexity index is 1010. The molecule has 3 heterocycles. The molecule has 3 aliphatic heterocycles. The van der Waals surface area contributed by atoms with E-state index in [1.165, 1.54) is 18.1 Å². The summed E-state index contributed by atoms with van der Waals surface area (Å²) >= 11 is 0. The molecular formula is C28H43NO5Si2. The molecule has 0 N–H and O–H groups in total. The smallest absolute Gasteiger partial charge is 0.303 e. The van der Waals surface area contributed by atoms with Crippen LogP contribution in [0.3, 0.4) is 0 Å². The van der Waals surface area contributed by atoms with Gasteiger partial charge in [0.25, 0.3) is 0 Å². The van der Waals surface area contributed by atoms with Crippen LogP contribution in [-0.2, 0) is 20.5 Å². The fourth-order valence-electron chi connectivity index (χ4n) is 6.01. The third-order valence-corrected chi connectivity index (χ3v) is 13.6. The minimum Gasteiger partial charge on any atom is -0.454 e. The largest absolute Gasteiger partial charge is 0.454 e. The van der Waals surface area contributed by atoms with Gasteiger partial charge >= 0.3 is 5.97 Å². The van der Waals surface area contributed by atoms with Gasteiger partial charge in [-0.2, -0.15) is 0 Å². The average Bonchev–Trinajstić information content (AvgIpc) is 3.45. The Hall–Kier alpha value is -1.80. The van der Waals surface area contributed by atoms with E-state index in [1.807, 2.05) is 0 Å². The first kappa shape index (κ1) is 27.2. The lowest BCUT2D eigenvalue weighted by Crippen LogP contribution is -2.49. The molecule has 4 rings (SSSR count). The lowest BCUT2D eigenvalue weighted by atomic mass is 9.79. The first-order chi connectivity index (χ1) is 17.1. The van der Waals surface area contributed by atoms with E-state index in [4.69, 9.17) is 18.6 Å². The van der Waals surface area contributed by atoms with Crippen LogP contribution in [0.4, 0.5) is 0 Å². The van der Waals surface area contributed by atoms with E-state index in [2.05, 4.69) is 68.9 Å². The van der Waals surface area contributed by atoms with Crippen LogP contribution in [0.1, 0.15) is 57.6 Å². The Kier molecular flexibility index (Phi) is 8.25. The van der Waals surface area contributed by atoms with Crippen molar-refractivity contribution in [2.75, 3.05) is 13.3 Å². The zero-order valence-electron chi connectivity index (χ0n) is 23.1. The minimum absolute atomic E-state index is 0.133. The van der Waals surface area contributed by atoms with Crippen molar-refractivity contribution in [2.24, 2.45) is 0 Å². The van der Waals surface area contributed by atoms with Crippen molar-refractivity contribution in [2.45, 2.75) is 109 Å². The summed E-state index contributed by atoms with van der Waals surface area (Å²) in [5.41, 5.74) is 5.98. The molecule has 0 unspecified atom stereocenters. The zero-order valence-corrected chi connectivity index (χ0v) is 25.1. The maximum absolute atomic E-state index is 12.1. The van der Waals surface area contributed by atoms with Crippen LogP contribution in [0.2, 0.25) is 37.8 Å². The van der Waals surface area contributed by atoms with E-state index >= 15 is 0 Å². The second-order valence-electron chi connectivity index (χ2n) is 11.5. The third-order valence-electron chi connectivity index (χ3n) is 8.04. The molecule has 6 nitrogen and oxygen atoms in total. The average molecular weight is 530 g/mol. The summed E-state index contributed by atoms with van der Waals surface area (Å²) < 4.78 is 24.4. The van der Waals surface area contributed by atoms with Crippen LogP contribution in [0.15, 0.2) is 12.1 Å². The topological polar surface area (TPSA) is 57.2 Å². The fourth-order valence-corrected chi connectivity index (χ4v) is 9.50. The van der Waals surface area contributed by atoms with Gasteiger partial charge in [0.05, 0.1) is 6.10 Å². The molecule has 0 radical (unpaired) electrons. The molecule has 0 bridgehead atoms. The summed E-state index contributed by atoms with van der Waals surface area (Å²) in [5, 5.41) is 0. The van der Waals surface area contributed by atoms with E-state index in [0.717, 1.165) is 49.1 Å². The number of fused-ring (bicyclic) bond motifs is 3. The molecule has 0 amide bonds. The molecule has 1 fully saturated rings. The first-order valence-electron chi connectivity index (χ1n) is 13.6. The van der Waals surface area contributed by atoms with Gasteiger partial charge in [-0.15, -0.1) is 5.54 Å². The Labute approximate surface area is 219 Å². The highest BCUT2D eigenvalue weighted by atomic mass is 28.4. The van der Waals surface area contributed by atoms with Crippen molar-refractivity contribution in [3.05, 3.63) is 23.3 Å². The number of benzene rings is 1. The standard InChI is InChI=1S/C28H43NO5Si2/c1-8-36(9-2,10-3)34-25-11-13-29-18-21-15-26-27(32-19-31-26)17-23(21)24(28(25)29)16-22(33-20(4)30)12-14-35(5,6)7/h15,17,22,24-25,28H,8-11,13,16,18-19H2,1-7H3/t22-,24+,25-,28+/m0/s1. The highest BCUT2D eigenvalue weighted by Crippen LogP contribution is 2.47. The quantitative estimate of drug-likeness (QED) is 0.245. The lowest BCUT2D eigenvalue weighted by molar-refractivity contribution is -0.144. The van der Waals surface area contributed by atoms with Crippen LogP contribution in [0.25, 0.3) is 0 Å². The summed E-state index contributed by atoms with van der Waals surface area (Å²) in [4.78, 5) is 14.7. The summed E-state index contributed by atoms with van der Waals surface area (Å²) in [6, 6.07) is 7.96. The number of carbonyl (C=O) groups excluding carboxylic acids is 1. The molecule has 1 aromatic rings. The predicted molar refractivity (Wildman–Crippen MR) is 147 cm³/mol. The van der Waals surface area contributed by atoms with Crippen molar-refractivity contribution < 1.29 is 23.4 Å². The van der Waals surface area contributed by atoms with Crippen LogP contribution < -0.4 is 9.47 Å². The number of esters is 1. The summed E-state index contributed by atoms with van der Waals surface area (Å²) in [6.45, 7) is 17.2. The highest BCUT2D eigenvalue weighted by Gasteiger charge is 2.48. The number of hydrogen-bond acceptors (Lipinski definition) is 6. The van der Waals surface area contributed by atoms with Gasteiger partial charge in [0.1, 0.15) is 8.07 Å². The van der Waals surface area contributed by atoms with E-state index in [1.54, 1.807) is 0 Å². The predicted octanol–water partition coefficient (Wildman–Crippen LogP) is 5.68. The van der Waals surface area contributed by atoms with Gasteiger partial charge in [-0.3, -0.25) is 9.69 Å². The van der Waals surface area contributed by atoms with Crippen LogP contribution in [-0.4, -0.2) is 58.8 Å². The fraction of sp³-hybridized carbons (Fsp3) is 0.679. The van der Waals surface area contributed by atoms with Gasteiger partial charge in [-0.25, -0.2) is 0 Å². The molecular weight excluding hydrogens is 486 g/mol. The Balaban J connectivity index is 1.73. The number of carbonyl (C=O) groups is 1. The molecule has 36 heavy (non-hydrogen) atoms. The van der Waals surface area contributed by atoms with E-state index in [0.29, 0.717) is 6.42 Å². The summed E-state index contributed by atoms with van der Waals surface area (Å²) in [5.74, 6) is 4.84. The molecule has 1 saturated heterocycles. The molecule has 0 aromatic heterocycles. The van der Waals surface area contributed by atoms with Crippen molar-refractivity contribution in [3.63, 3.8) is 0 Å². The molecule has 198 valence electrons. The van der Waals surface area contributed by atoms with Gasteiger partial charge in [0.15, 0.2) is 25.9 Å². The molecule has 4 atom stereocenters. The maximum atomic E-state index is 12.1. The summed E-state index contributed by atoms with van der Waals surface area (Å²) in [6.07, 6.45) is 1.44. The second-order valence-corrected chi connectivity index (χ2v) is 21.0. The second kappa shape index (κ2) is 10.9. The van der Waals surface area contributed by atoms with Crippen LogP contribution in [0, 0.1) is 11.5 Å². The summed E-state index contributed by atoms with van der Waals surface area (Å²) in [7, 11) is -3.41. The van der Waals surface area contributed by atoms with E-state index in [-0.39, 0.29) is 30.8 Å². The van der Waals surface area contributed by atoms with Crippen molar-refractivity contribution in [1.82, 2.24) is 4.90 Å². The number of nitrogens with zero attached hydrogens (tertiary/aromatic N) is 1. The Morgan fingerprint density at radius 2 is 1.81 bits per heavy atom. The molecule has 3 aliphatic rings. The Morgan fingerprint density at radius 1 is 1.14 bits per heavy atom. The zero-order chi connectivity index (χ0) is 26.1. The van der Waals surface area contributed by atoms with Crippen LogP contribution >= 0.6 is 0 Å². The van der Waals surface area contributed by atoms with Gasteiger partial charge < -0.3 is 18.6 Å². The number of rotatable bonds is 8. The molecule has 0 aliphatic carbocycles. The maximum Gasteiger partial charge on any atom is 0.303 e.